The normalized spacial score (nSPS) is 9.60. The second kappa shape index (κ2) is 6.88. The van der Waals surface area contributed by atoms with Crippen molar-refractivity contribution in [2.75, 3.05) is 13.2 Å². The minimum absolute atomic E-state index is 0.236. The number of nitro groups is 1. The quantitative estimate of drug-likeness (QED) is 0.436. The number of carbonyl (C=O) groups is 2. The number of aromatic carboxylic acids is 1. The fourth-order valence-electron chi connectivity index (χ4n) is 1.39. The minimum atomic E-state index is -1.50. The molecular weight excluding hydrogens is 268 g/mol. The molecule has 0 bridgehead atoms. The molecule has 1 aromatic rings. The summed E-state index contributed by atoms with van der Waals surface area (Å²) in [5, 5.41) is 22.2. The molecule has 1 amide bonds. The van der Waals surface area contributed by atoms with E-state index in [0.29, 0.717) is 0 Å². The number of nitro benzene ring substituents is 1. The van der Waals surface area contributed by atoms with Crippen LogP contribution in [0, 0.1) is 10.1 Å². The molecule has 8 heteroatoms. The van der Waals surface area contributed by atoms with E-state index in [-0.39, 0.29) is 12.3 Å². The third-order valence-corrected chi connectivity index (χ3v) is 2.22. The Morgan fingerprint density at radius 1 is 1.50 bits per heavy atom. The second-order valence-corrected chi connectivity index (χ2v) is 3.59. The standard InChI is InChI=1S/C12H12N2O6/c1-2-6-13-10(15)7-20-9-5-3-4-8(14(18)19)11(9)12(16)17/h2-5H,1,6-7H2,(H,13,15)(H,16,17). The predicted molar refractivity (Wildman–Crippen MR) is 68.8 cm³/mol. The zero-order valence-electron chi connectivity index (χ0n) is 10.4. The molecule has 106 valence electrons. The van der Waals surface area contributed by atoms with Crippen molar-refractivity contribution in [3.63, 3.8) is 0 Å². The van der Waals surface area contributed by atoms with Crippen molar-refractivity contribution in [2.24, 2.45) is 0 Å². The first-order valence-corrected chi connectivity index (χ1v) is 5.48. The summed E-state index contributed by atoms with van der Waals surface area (Å²) in [6, 6.07) is 3.58. The van der Waals surface area contributed by atoms with E-state index in [2.05, 4.69) is 11.9 Å². The third-order valence-electron chi connectivity index (χ3n) is 2.22. The molecule has 0 heterocycles. The summed E-state index contributed by atoms with van der Waals surface area (Å²) in [4.78, 5) is 32.3. The highest BCUT2D eigenvalue weighted by Crippen LogP contribution is 2.28. The fourth-order valence-corrected chi connectivity index (χ4v) is 1.39. The van der Waals surface area contributed by atoms with Crippen LogP contribution in [0.1, 0.15) is 10.4 Å². The van der Waals surface area contributed by atoms with Gasteiger partial charge in [-0.25, -0.2) is 4.79 Å². The highest BCUT2D eigenvalue weighted by molar-refractivity contribution is 5.95. The first-order chi connectivity index (χ1) is 9.47. The predicted octanol–water partition coefficient (Wildman–Crippen LogP) is 0.974. The number of hydrogen-bond acceptors (Lipinski definition) is 5. The molecule has 0 fully saturated rings. The molecule has 20 heavy (non-hydrogen) atoms. The van der Waals surface area contributed by atoms with Crippen LogP contribution in [0.15, 0.2) is 30.9 Å². The Hall–Kier alpha value is -2.90. The van der Waals surface area contributed by atoms with Crippen LogP contribution in [-0.2, 0) is 4.79 Å². The van der Waals surface area contributed by atoms with Crippen LogP contribution in [-0.4, -0.2) is 35.1 Å². The smallest absolute Gasteiger partial charge is 0.346 e. The fraction of sp³-hybridized carbons (Fsp3) is 0.167. The van der Waals surface area contributed by atoms with Crippen molar-refractivity contribution < 1.29 is 24.4 Å². The Labute approximate surface area is 113 Å². The summed E-state index contributed by atoms with van der Waals surface area (Å²) in [5.41, 5.74) is -1.18. The van der Waals surface area contributed by atoms with Crippen LogP contribution in [0.3, 0.4) is 0 Å². The first-order valence-electron chi connectivity index (χ1n) is 5.48. The topological polar surface area (TPSA) is 119 Å². The van der Waals surface area contributed by atoms with Crippen molar-refractivity contribution in [2.45, 2.75) is 0 Å². The summed E-state index contributed by atoms with van der Waals surface area (Å²) in [6.07, 6.45) is 1.47. The van der Waals surface area contributed by atoms with Gasteiger partial charge >= 0.3 is 5.97 Å². The van der Waals surface area contributed by atoms with Crippen molar-refractivity contribution in [3.05, 3.63) is 46.5 Å². The number of rotatable bonds is 7. The lowest BCUT2D eigenvalue weighted by molar-refractivity contribution is -0.385. The Balaban J connectivity index is 2.92. The molecule has 1 rings (SSSR count). The van der Waals surface area contributed by atoms with Crippen molar-refractivity contribution >= 4 is 17.6 Å². The number of carboxylic acid groups (broad SMARTS) is 1. The van der Waals surface area contributed by atoms with Gasteiger partial charge in [-0.05, 0) is 6.07 Å². The molecule has 8 nitrogen and oxygen atoms in total. The average molecular weight is 280 g/mol. The van der Waals surface area contributed by atoms with E-state index in [0.717, 1.165) is 6.07 Å². The van der Waals surface area contributed by atoms with Gasteiger partial charge in [-0.1, -0.05) is 12.1 Å². The third kappa shape index (κ3) is 3.80. The number of ether oxygens (including phenoxy) is 1. The van der Waals surface area contributed by atoms with Crippen LogP contribution >= 0.6 is 0 Å². The molecule has 0 unspecified atom stereocenters. The van der Waals surface area contributed by atoms with Gasteiger partial charge < -0.3 is 15.2 Å². The maximum absolute atomic E-state index is 11.3. The van der Waals surface area contributed by atoms with Gasteiger partial charge in [-0.2, -0.15) is 0 Å². The van der Waals surface area contributed by atoms with E-state index in [9.17, 15) is 19.7 Å². The van der Waals surface area contributed by atoms with Gasteiger partial charge in [0.15, 0.2) is 12.2 Å². The van der Waals surface area contributed by atoms with Crippen LogP contribution in [0.25, 0.3) is 0 Å². The Morgan fingerprint density at radius 2 is 2.20 bits per heavy atom. The van der Waals surface area contributed by atoms with Gasteiger partial charge in [0.2, 0.25) is 0 Å². The molecule has 0 saturated carbocycles. The number of hydrogen-bond donors (Lipinski definition) is 2. The van der Waals surface area contributed by atoms with E-state index in [4.69, 9.17) is 9.84 Å². The highest BCUT2D eigenvalue weighted by atomic mass is 16.6. The maximum atomic E-state index is 11.3. The second-order valence-electron chi connectivity index (χ2n) is 3.59. The number of nitrogens with one attached hydrogen (secondary N) is 1. The Bertz CT molecular complexity index is 555. The van der Waals surface area contributed by atoms with Crippen molar-refractivity contribution in [3.8, 4) is 5.75 Å². The van der Waals surface area contributed by atoms with Crippen molar-refractivity contribution in [1.82, 2.24) is 5.32 Å². The zero-order valence-corrected chi connectivity index (χ0v) is 10.4. The molecule has 2 N–H and O–H groups in total. The highest BCUT2D eigenvalue weighted by Gasteiger charge is 2.24. The molecular formula is C12H12N2O6. The van der Waals surface area contributed by atoms with Gasteiger partial charge in [0.25, 0.3) is 11.6 Å². The molecule has 0 aliphatic heterocycles. The number of amides is 1. The summed E-state index contributed by atoms with van der Waals surface area (Å²) >= 11 is 0. The Kier molecular flexibility index (Phi) is 5.21. The minimum Gasteiger partial charge on any atom is -0.483 e. The zero-order chi connectivity index (χ0) is 15.1. The summed E-state index contributed by atoms with van der Waals surface area (Å²) < 4.78 is 5.02. The molecule has 0 aliphatic rings. The summed E-state index contributed by atoms with van der Waals surface area (Å²) in [5.74, 6) is -2.23. The van der Waals surface area contributed by atoms with Gasteiger partial charge in [-0.3, -0.25) is 14.9 Å². The lowest BCUT2D eigenvalue weighted by atomic mass is 10.1. The van der Waals surface area contributed by atoms with E-state index < -0.39 is 34.7 Å². The van der Waals surface area contributed by atoms with Crippen LogP contribution < -0.4 is 10.1 Å². The molecule has 1 aromatic carbocycles. The molecule has 0 radical (unpaired) electrons. The van der Waals surface area contributed by atoms with Crippen LogP contribution in [0.2, 0.25) is 0 Å². The van der Waals surface area contributed by atoms with Crippen LogP contribution in [0.4, 0.5) is 5.69 Å². The van der Waals surface area contributed by atoms with Crippen molar-refractivity contribution in [1.29, 1.82) is 0 Å². The van der Waals surface area contributed by atoms with Gasteiger partial charge in [0.05, 0.1) is 4.92 Å². The first kappa shape index (κ1) is 15.2. The number of carbonyl (C=O) groups excluding carboxylic acids is 1. The van der Waals surface area contributed by atoms with E-state index in [1.165, 1.54) is 18.2 Å². The number of carboxylic acids is 1. The molecule has 0 aliphatic carbocycles. The van der Waals surface area contributed by atoms with E-state index >= 15 is 0 Å². The molecule has 0 saturated heterocycles. The SMILES string of the molecule is C=CCNC(=O)COc1cccc([N+](=O)[O-])c1C(=O)O. The van der Waals surface area contributed by atoms with E-state index in [1.807, 2.05) is 0 Å². The monoisotopic (exact) mass is 280 g/mol. The van der Waals surface area contributed by atoms with Crippen LogP contribution in [0.5, 0.6) is 5.75 Å². The average Bonchev–Trinajstić information content (AvgIpc) is 2.41. The number of nitrogens with zero attached hydrogens (tertiary/aromatic N) is 1. The van der Waals surface area contributed by atoms with Gasteiger partial charge in [0, 0.05) is 12.6 Å². The molecule has 0 spiro atoms. The molecule has 0 atom stereocenters. The van der Waals surface area contributed by atoms with E-state index in [1.54, 1.807) is 0 Å². The summed E-state index contributed by atoms with van der Waals surface area (Å²) in [6.45, 7) is 3.20. The number of benzene rings is 1. The van der Waals surface area contributed by atoms with Gasteiger partial charge in [-0.15, -0.1) is 6.58 Å². The maximum Gasteiger partial charge on any atom is 0.346 e. The lowest BCUT2D eigenvalue weighted by Gasteiger charge is -2.09. The molecule has 0 aromatic heterocycles. The lowest BCUT2D eigenvalue weighted by Crippen LogP contribution is -2.29. The summed E-state index contributed by atoms with van der Waals surface area (Å²) in [7, 11) is 0. The largest absolute Gasteiger partial charge is 0.483 e. The van der Waals surface area contributed by atoms with Gasteiger partial charge in [0.1, 0.15) is 5.75 Å². The Morgan fingerprint density at radius 3 is 2.75 bits per heavy atom.